The zero-order valence-electron chi connectivity index (χ0n) is 10.4. The first-order valence-corrected chi connectivity index (χ1v) is 5.15. The minimum atomic E-state index is -1.50. The first-order chi connectivity index (χ1) is 9.23. The average Bonchev–Trinajstić information content (AvgIpc) is 2.28. The molecule has 9 heteroatoms. The lowest BCUT2D eigenvalue weighted by Gasteiger charge is -2.11. The predicted molar refractivity (Wildman–Crippen MR) is 62.7 cm³/mol. The molecule has 1 rings (SSSR count). The number of rotatable bonds is 4. The number of nitrogens with zero attached hydrogens (tertiary/aromatic N) is 1. The summed E-state index contributed by atoms with van der Waals surface area (Å²) >= 11 is 0. The van der Waals surface area contributed by atoms with Gasteiger partial charge in [-0.2, -0.15) is 0 Å². The highest BCUT2D eigenvalue weighted by atomic mass is 16.6. The number of carbonyl (C=O) groups is 3. The number of carboxylic acid groups (broad SMARTS) is 1. The summed E-state index contributed by atoms with van der Waals surface area (Å²) in [4.78, 5) is 42.9. The Balaban J connectivity index is 3.62. The van der Waals surface area contributed by atoms with Crippen molar-refractivity contribution in [1.82, 2.24) is 0 Å². The van der Waals surface area contributed by atoms with Crippen molar-refractivity contribution in [3.63, 3.8) is 0 Å². The van der Waals surface area contributed by atoms with Crippen molar-refractivity contribution in [2.24, 2.45) is 0 Å². The molecule has 20 heavy (non-hydrogen) atoms. The second-order valence-corrected chi connectivity index (χ2v) is 3.54. The maximum atomic E-state index is 11.0. The highest BCUT2D eigenvalue weighted by Crippen LogP contribution is 2.40. The van der Waals surface area contributed by atoms with Crippen LogP contribution in [0.15, 0.2) is 12.1 Å². The molecule has 0 radical (unpaired) electrons. The molecule has 106 valence electrons. The molecule has 0 saturated carbocycles. The van der Waals surface area contributed by atoms with Gasteiger partial charge >= 0.3 is 23.6 Å². The van der Waals surface area contributed by atoms with Gasteiger partial charge in [0.2, 0.25) is 0 Å². The Labute approximate surface area is 111 Å². The van der Waals surface area contributed by atoms with Crippen LogP contribution in [-0.2, 0) is 9.59 Å². The quantitative estimate of drug-likeness (QED) is 0.376. The number of hydrogen-bond donors (Lipinski definition) is 1. The molecular weight excluding hydrogens is 274 g/mol. The number of esters is 2. The van der Waals surface area contributed by atoms with Crippen LogP contribution in [0.3, 0.4) is 0 Å². The van der Waals surface area contributed by atoms with Gasteiger partial charge in [-0.1, -0.05) is 0 Å². The van der Waals surface area contributed by atoms with Crippen LogP contribution in [0.1, 0.15) is 24.2 Å². The normalized spacial score (nSPS) is 9.70. The fraction of sp³-hybridized carbons (Fsp3) is 0.182. The fourth-order valence-corrected chi connectivity index (χ4v) is 1.35. The zero-order valence-corrected chi connectivity index (χ0v) is 10.4. The third-order valence-electron chi connectivity index (χ3n) is 2.01. The molecule has 0 atom stereocenters. The summed E-state index contributed by atoms with van der Waals surface area (Å²) in [5, 5.41) is 19.8. The Morgan fingerprint density at radius 2 is 1.60 bits per heavy atom. The van der Waals surface area contributed by atoms with Crippen LogP contribution < -0.4 is 9.47 Å². The number of nitro groups is 1. The van der Waals surface area contributed by atoms with E-state index in [1.807, 2.05) is 0 Å². The lowest BCUT2D eigenvalue weighted by atomic mass is 10.1. The highest BCUT2D eigenvalue weighted by molar-refractivity contribution is 5.94. The molecule has 1 aromatic carbocycles. The Hall–Kier alpha value is -2.97. The smallest absolute Gasteiger partial charge is 0.339 e. The Kier molecular flexibility index (Phi) is 4.36. The third kappa shape index (κ3) is 3.28. The van der Waals surface area contributed by atoms with Gasteiger partial charge in [0.1, 0.15) is 5.56 Å². The molecule has 0 aliphatic rings. The summed E-state index contributed by atoms with van der Waals surface area (Å²) in [5.74, 6) is -4.75. The second kappa shape index (κ2) is 5.78. The fourth-order valence-electron chi connectivity index (χ4n) is 1.35. The molecular formula is C11H9NO8. The minimum absolute atomic E-state index is 0.540. The van der Waals surface area contributed by atoms with E-state index in [1.165, 1.54) is 0 Å². The van der Waals surface area contributed by atoms with Gasteiger partial charge in [-0.15, -0.1) is 0 Å². The van der Waals surface area contributed by atoms with E-state index < -0.39 is 45.6 Å². The SMILES string of the molecule is CC(=O)Oc1c(C(=O)O)ccc([N+](=O)[O-])c1OC(C)=O. The van der Waals surface area contributed by atoms with Crippen LogP contribution in [0, 0.1) is 10.1 Å². The molecule has 0 saturated heterocycles. The molecule has 0 fully saturated rings. The summed E-state index contributed by atoms with van der Waals surface area (Å²) in [6.07, 6.45) is 0. The van der Waals surface area contributed by atoms with Crippen molar-refractivity contribution in [1.29, 1.82) is 0 Å². The Morgan fingerprint density at radius 3 is 2.00 bits per heavy atom. The van der Waals surface area contributed by atoms with E-state index in [4.69, 9.17) is 5.11 Å². The summed E-state index contributed by atoms with van der Waals surface area (Å²) < 4.78 is 9.24. The van der Waals surface area contributed by atoms with Crippen LogP contribution in [0.4, 0.5) is 5.69 Å². The Morgan fingerprint density at radius 1 is 1.10 bits per heavy atom. The van der Waals surface area contributed by atoms with Crippen molar-refractivity contribution >= 4 is 23.6 Å². The number of hydrogen-bond acceptors (Lipinski definition) is 7. The van der Waals surface area contributed by atoms with Crippen LogP contribution in [0.2, 0.25) is 0 Å². The van der Waals surface area contributed by atoms with Crippen molar-refractivity contribution in [2.45, 2.75) is 13.8 Å². The van der Waals surface area contributed by atoms with E-state index in [1.54, 1.807) is 0 Å². The molecule has 0 heterocycles. The van der Waals surface area contributed by atoms with E-state index >= 15 is 0 Å². The molecule has 0 aromatic heterocycles. The third-order valence-corrected chi connectivity index (χ3v) is 2.01. The van der Waals surface area contributed by atoms with Crippen LogP contribution in [0.5, 0.6) is 11.5 Å². The van der Waals surface area contributed by atoms with Gasteiger partial charge in [0, 0.05) is 19.9 Å². The van der Waals surface area contributed by atoms with E-state index in [0.717, 1.165) is 26.0 Å². The van der Waals surface area contributed by atoms with Crippen molar-refractivity contribution in [3.05, 3.63) is 27.8 Å². The monoisotopic (exact) mass is 283 g/mol. The molecule has 0 aliphatic carbocycles. The second-order valence-electron chi connectivity index (χ2n) is 3.54. The van der Waals surface area contributed by atoms with Gasteiger partial charge in [0.25, 0.3) is 5.75 Å². The maximum absolute atomic E-state index is 11.0. The first kappa shape index (κ1) is 15.1. The Bertz CT molecular complexity index is 554. The summed E-state index contributed by atoms with van der Waals surface area (Å²) in [6, 6.07) is 1.72. The molecule has 9 nitrogen and oxygen atoms in total. The standard InChI is InChI=1S/C11H9NO8/c1-5(13)19-9-7(11(15)16)3-4-8(12(17)18)10(9)20-6(2)14/h3-4H,1-2H3,(H,15,16). The minimum Gasteiger partial charge on any atom is -0.478 e. The topological polar surface area (TPSA) is 133 Å². The highest BCUT2D eigenvalue weighted by Gasteiger charge is 2.28. The van der Waals surface area contributed by atoms with Gasteiger partial charge in [0.05, 0.1) is 4.92 Å². The molecule has 1 N–H and O–H groups in total. The number of carbonyl (C=O) groups excluding carboxylic acids is 2. The molecule has 0 spiro atoms. The van der Waals surface area contributed by atoms with E-state index in [0.29, 0.717) is 0 Å². The molecule has 0 aliphatic heterocycles. The zero-order chi connectivity index (χ0) is 15.4. The van der Waals surface area contributed by atoms with Crippen molar-refractivity contribution in [2.75, 3.05) is 0 Å². The molecule has 0 amide bonds. The predicted octanol–water partition coefficient (Wildman–Crippen LogP) is 1.14. The lowest BCUT2D eigenvalue weighted by Crippen LogP contribution is -2.12. The van der Waals surface area contributed by atoms with Gasteiger partial charge in [-0.05, 0) is 6.07 Å². The van der Waals surface area contributed by atoms with Gasteiger partial charge in [0.15, 0.2) is 5.75 Å². The van der Waals surface area contributed by atoms with Gasteiger partial charge in [-0.3, -0.25) is 19.7 Å². The van der Waals surface area contributed by atoms with Crippen molar-refractivity contribution < 1.29 is 33.9 Å². The summed E-state index contributed by atoms with van der Waals surface area (Å²) in [7, 11) is 0. The lowest BCUT2D eigenvalue weighted by molar-refractivity contribution is -0.385. The first-order valence-electron chi connectivity index (χ1n) is 5.15. The number of nitro benzene ring substituents is 1. The number of benzene rings is 1. The molecule has 1 aromatic rings. The maximum Gasteiger partial charge on any atom is 0.339 e. The largest absolute Gasteiger partial charge is 0.478 e. The van der Waals surface area contributed by atoms with Crippen molar-refractivity contribution in [3.8, 4) is 11.5 Å². The van der Waals surface area contributed by atoms with Crippen LogP contribution in [0.25, 0.3) is 0 Å². The number of carboxylic acids is 1. The van der Waals surface area contributed by atoms with E-state index in [2.05, 4.69) is 9.47 Å². The number of aromatic carboxylic acids is 1. The summed E-state index contributed by atoms with van der Waals surface area (Å²) in [5.41, 5.74) is -1.23. The van der Waals surface area contributed by atoms with Gasteiger partial charge in [-0.25, -0.2) is 4.79 Å². The van der Waals surface area contributed by atoms with Crippen LogP contribution >= 0.6 is 0 Å². The van der Waals surface area contributed by atoms with E-state index in [9.17, 15) is 24.5 Å². The average molecular weight is 283 g/mol. The number of ether oxygens (including phenoxy) is 2. The van der Waals surface area contributed by atoms with Crippen LogP contribution in [-0.4, -0.2) is 27.9 Å². The molecule has 0 unspecified atom stereocenters. The summed E-state index contributed by atoms with van der Waals surface area (Å²) in [6.45, 7) is 1.94. The molecule has 0 bridgehead atoms. The van der Waals surface area contributed by atoms with Gasteiger partial charge < -0.3 is 14.6 Å². The van der Waals surface area contributed by atoms with E-state index in [-0.39, 0.29) is 0 Å².